The van der Waals surface area contributed by atoms with Crippen LogP contribution in [0.1, 0.15) is 39.5 Å². The van der Waals surface area contributed by atoms with Gasteiger partial charge in [-0.05, 0) is 25.8 Å². The van der Waals surface area contributed by atoms with Gasteiger partial charge in [-0.15, -0.1) is 0 Å². The molecular formula is C12H21N3O. The third-order valence-corrected chi connectivity index (χ3v) is 3.27. The molecule has 0 saturated carbocycles. The van der Waals surface area contributed by atoms with Crippen LogP contribution in [0.4, 0.5) is 0 Å². The van der Waals surface area contributed by atoms with Crippen LogP contribution in [0, 0.1) is 11.3 Å². The Bertz CT molecular complexity index is 274. The summed E-state index contributed by atoms with van der Waals surface area (Å²) in [5.74, 6) is 0.111. The molecule has 4 nitrogen and oxygen atoms in total. The molecule has 1 heterocycles. The predicted octanol–water partition coefficient (Wildman–Crippen LogP) is 1.28. The minimum absolute atomic E-state index is 0.111. The van der Waals surface area contributed by atoms with E-state index >= 15 is 0 Å². The van der Waals surface area contributed by atoms with Crippen molar-refractivity contribution in [1.29, 1.82) is 5.26 Å². The first-order valence-electron chi connectivity index (χ1n) is 6.05. The van der Waals surface area contributed by atoms with E-state index in [1.807, 2.05) is 4.90 Å². The molecule has 1 fully saturated rings. The monoisotopic (exact) mass is 223 g/mol. The summed E-state index contributed by atoms with van der Waals surface area (Å²) in [6.45, 7) is 6.01. The van der Waals surface area contributed by atoms with E-state index in [9.17, 15) is 10.1 Å². The molecule has 4 heteroatoms. The van der Waals surface area contributed by atoms with E-state index in [2.05, 4.69) is 18.3 Å². The Kier molecular flexibility index (Phi) is 4.75. The van der Waals surface area contributed by atoms with Crippen molar-refractivity contribution in [1.82, 2.24) is 10.2 Å². The lowest BCUT2D eigenvalue weighted by Crippen LogP contribution is -2.53. The van der Waals surface area contributed by atoms with Gasteiger partial charge < -0.3 is 4.90 Å². The normalized spacial score (nSPS) is 19.2. The van der Waals surface area contributed by atoms with Crippen LogP contribution in [0.2, 0.25) is 0 Å². The Morgan fingerprint density at radius 1 is 1.50 bits per heavy atom. The van der Waals surface area contributed by atoms with E-state index in [1.54, 1.807) is 6.92 Å². The number of piperidine rings is 1. The number of rotatable bonds is 4. The van der Waals surface area contributed by atoms with Crippen LogP contribution >= 0.6 is 0 Å². The molecule has 0 aliphatic carbocycles. The van der Waals surface area contributed by atoms with E-state index in [0.29, 0.717) is 13.1 Å². The topological polar surface area (TPSA) is 56.1 Å². The number of likely N-dealkylation sites (tertiary alicyclic amines) is 1. The summed E-state index contributed by atoms with van der Waals surface area (Å²) in [6, 6.07) is 2.39. The second-order valence-corrected chi connectivity index (χ2v) is 4.48. The molecule has 90 valence electrons. The molecule has 16 heavy (non-hydrogen) atoms. The first kappa shape index (κ1) is 13.0. The van der Waals surface area contributed by atoms with Crippen LogP contribution in [0.3, 0.4) is 0 Å². The molecule has 0 aromatic heterocycles. The number of nitrogens with zero attached hydrogens (tertiary/aromatic N) is 2. The zero-order chi connectivity index (χ0) is 12.0. The van der Waals surface area contributed by atoms with Crippen LogP contribution in [-0.4, -0.2) is 36.0 Å². The molecule has 0 radical (unpaired) electrons. The van der Waals surface area contributed by atoms with Crippen molar-refractivity contribution < 1.29 is 4.79 Å². The molecule has 1 aliphatic heterocycles. The van der Waals surface area contributed by atoms with Crippen LogP contribution in [0.15, 0.2) is 0 Å². The highest BCUT2D eigenvalue weighted by Gasteiger charge is 2.34. The summed E-state index contributed by atoms with van der Waals surface area (Å²) >= 11 is 0. The van der Waals surface area contributed by atoms with Crippen molar-refractivity contribution in [3.05, 3.63) is 0 Å². The minimum Gasteiger partial charge on any atom is -0.343 e. The second-order valence-electron chi connectivity index (χ2n) is 4.48. The molecule has 1 amide bonds. The highest BCUT2D eigenvalue weighted by atomic mass is 16.2. The number of hydrogen-bond donors (Lipinski definition) is 1. The first-order valence-corrected chi connectivity index (χ1v) is 6.05. The van der Waals surface area contributed by atoms with Gasteiger partial charge in [-0.25, -0.2) is 0 Å². The van der Waals surface area contributed by atoms with Gasteiger partial charge in [0.2, 0.25) is 5.91 Å². The Morgan fingerprint density at radius 3 is 2.56 bits per heavy atom. The maximum Gasteiger partial charge on any atom is 0.219 e. The van der Waals surface area contributed by atoms with Gasteiger partial charge in [-0.3, -0.25) is 10.1 Å². The summed E-state index contributed by atoms with van der Waals surface area (Å²) < 4.78 is 0. The van der Waals surface area contributed by atoms with E-state index < -0.39 is 5.54 Å². The van der Waals surface area contributed by atoms with Crippen LogP contribution in [0.5, 0.6) is 0 Å². The molecule has 1 rings (SSSR count). The predicted molar refractivity (Wildman–Crippen MR) is 62.7 cm³/mol. The van der Waals surface area contributed by atoms with E-state index in [1.165, 1.54) is 0 Å². The van der Waals surface area contributed by atoms with Crippen molar-refractivity contribution >= 4 is 5.91 Å². The Labute approximate surface area is 97.6 Å². The number of amides is 1. The van der Waals surface area contributed by atoms with E-state index in [0.717, 1.165) is 32.2 Å². The van der Waals surface area contributed by atoms with Crippen molar-refractivity contribution in [2.45, 2.75) is 45.1 Å². The van der Waals surface area contributed by atoms with Crippen LogP contribution in [-0.2, 0) is 4.79 Å². The fourth-order valence-corrected chi connectivity index (χ4v) is 2.04. The molecule has 0 aromatic rings. The average Bonchev–Trinajstić information content (AvgIpc) is 2.30. The van der Waals surface area contributed by atoms with Crippen molar-refractivity contribution in [2.75, 3.05) is 19.6 Å². The fraction of sp³-hybridized carbons (Fsp3) is 0.833. The van der Waals surface area contributed by atoms with Gasteiger partial charge in [0.25, 0.3) is 0 Å². The summed E-state index contributed by atoms with van der Waals surface area (Å²) in [4.78, 5) is 13.0. The van der Waals surface area contributed by atoms with Gasteiger partial charge in [0.1, 0.15) is 5.54 Å². The number of carbonyl (C=O) groups excluding carboxylic acids is 1. The maximum absolute atomic E-state index is 11.2. The zero-order valence-electron chi connectivity index (χ0n) is 10.3. The Balaban J connectivity index is 2.45. The lowest BCUT2D eigenvalue weighted by molar-refractivity contribution is -0.130. The molecule has 0 spiro atoms. The second kappa shape index (κ2) is 5.86. The molecule has 1 aliphatic rings. The highest BCUT2D eigenvalue weighted by molar-refractivity contribution is 5.73. The van der Waals surface area contributed by atoms with Gasteiger partial charge in [0.15, 0.2) is 0 Å². The van der Waals surface area contributed by atoms with Crippen molar-refractivity contribution in [2.24, 2.45) is 0 Å². The number of carbonyl (C=O) groups is 1. The summed E-state index contributed by atoms with van der Waals surface area (Å²) in [6.07, 6.45) is 3.72. The van der Waals surface area contributed by atoms with Gasteiger partial charge in [0.05, 0.1) is 6.07 Å². The van der Waals surface area contributed by atoms with E-state index in [-0.39, 0.29) is 5.91 Å². The standard InChI is InChI=1S/C12H21N3O/c1-3-4-7-14-12(10-13)5-8-15(9-6-12)11(2)16/h14H,3-9H2,1-2H3. The van der Waals surface area contributed by atoms with Gasteiger partial charge >= 0.3 is 0 Å². The number of nitriles is 1. The van der Waals surface area contributed by atoms with Crippen molar-refractivity contribution in [3.63, 3.8) is 0 Å². The maximum atomic E-state index is 11.2. The Hall–Kier alpha value is -1.08. The molecule has 1 saturated heterocycles. The molecular weight excluding hydrogens is 202 g/mol. The lowest BCUT2D eigenvalue weighted by atomic mass is 9.89. The minimum atomic E-state index is -0.402. The Morgan fingerprint density at radius 2 is 2.12 bits per heavy atom. The van der Waals surface area contributed by atoms with Gasteiger partial charge in [-0.1, -0.05) is 13.3 Å². The number of nitrogens with one attached hydrogen (secondary N) is 1. The molecule has 0 unspecified atom stereocenters. The number of hydrogen-bond acceptors (Lipinski definition) is 3. The van der Waals surface area contributed by atoms with Crippen LogP contribution in [0.25, 0.3) is 0 Å². The van der Waals surface area contributed by atoms with Crippen molar-refractivity contribution in [3.8, 4) is 6.07 Å². The first-order chi connectivity index (χ1) is 7.63. The fourth-order valence-electron chi connectivity index (χ4n) is 2.04. The average molecular weight is 223 g/mol. The molecule has 1 N–H and O–H groups in total. The van der Waals surface area contributed by atoms with Crippen LogP contribution < -0.4 is 5.32 Å². The summed E-state index contributed by atoms with van der Waals surface area (Å²) in [5.41, 5.74) is -0.402. The molecule has 0 aromatic carbocycles. The van der Waals surface area contributed by atoms with Gasteiger partial charge in [-0.2, -0.15) is 5.26 Å². The third kappa shape index (κ3) is 3.21. The lowest BCUT2D eigenvalue weighted by Gasteiger charge is -2.37. The quantitative estimate of drug-likeness (QED) is 0.730. The van der Waals surface area contributed by atoms with Gasteiger partial charge in [0, 0.05) is 20.0 Å². The summed E-state index contributed by atoms with van der Waals surface area (Å²) in [5, 5.41) is 12.6. The molecule has 0 bridgehead atoms. The smallest absolute Gasteiger partial charge is 0.219 e. The molecule has 0 atom stereocenters. The largest absolute Gasteiger partial charge is 0.343 e. The zero-order valence-corrected chi connectivity index (χ0v) is 10.3. The number of unbranched alkanes of at least 4 members (excludes halogenated alkanes) is 1. The third-order valence-electron chi connectivity index (χ3n) is 3.27. The highest BCUT2D eigenvalue weighted by Crippen LogP contribution is 2.21. The SMILES string of the molecule is CCCCNC1(C#N)CCN(C(C)=O)CC1. The summed E-state index contributed by atoms with van der Waals surface area (Å²) in [7, 11) is 0. The van der Waals surface area contributed by atoms with E-state index in [4.69, 9.17) is 0 Å².